The van der Waals surface area contributed by atoms with E-state index in [0.717, 1.165) is 5.56 Å². The second-order valence-corrected chi connectivity index (χ2v) is 4.91. The predicted molar refractivity (Wildman–Crippen MR) is 69.3 cm³/mol. The fourth-order valence-corrected chi connectivity index (χ4v) is 2.36. The Hall–Kier alpha value is -1.52. The van der Waals surface area contributed by atoms with Crippen LogP contribution in [0.3, 0.4) is 0 Å². The molecule has 3 nitrogen and oxygen atoms in total. The van der Waals surface area contributed by atoms with Crippen LogP contribution in [0.2, 0.25) is 0 Å². The van der Waals surface area contributed by atoms with Gasteiger partial charge in [0.15, 0.2) is 0 Å². The van der Waals surface area contributed by atoms with Crippen molar-refractivity contribution in [1.29, 1.82) is 0 Å². The number of aromatic hydroxyl groups is 2. The van der Waals surface area contributed by atoms with Crippen molar-refractivity contribution in [3.05, 3.63) is 46.2 Å². The molecule has 0 spiro atoms. The average molecular weight is 249 g/mol. The van der Waals surface area contributed by atoms with Crippen LogP contribution in [0.15, 0.2) is 35.7 Å². The van der Waals surface area contributed by atoms with Gasteiger partial charge in [-0.05, 0) is 24.4 Å². The highest BCUT2D eigenvalue weighted by Gasteiger charge is 2.07. The van der Waals surface area contributed by atoms with E-state index in [1.54, 1.807) is 23.5 Å². The molecule has 0 aliphatic carbocycles. The molecule has 0 saturated carbocycles. The van der Waals surface area contributed by atoms with Crippen molar-refractivity contribution < 1.29 is 10.2 Å². The number of hydrogen-bond donors (Lipinski definition) is 3. The third-order valence-corrected chi connectivity index (χ3v) is 3.69. The zero-order chi connectivity index (χ0) is 12.3. The molecule has 0 radical (unpaired) electrons. The summed E-state index contributed by atoms with van der Waals surface area (Å²) < 4.78 is 0. The Morgan fingerprint density at radius 3 is 2.76 bits per heavy atom. The van der Waals surface area contributed by atoms with Crippen LogP contribution in [0.4, 0.5) is 0 Å². The third-order valence-electron chi connectivity index (χ3n) is 2.64. The van der Waals surface area contributed by atoms with Crippen LogP contribution in [-0.2, 0) is 6.54 Å². The molecule has 1 atom stereocenters. The smallest absolute Gasteiger partial charge is 0.123 e. The van der Waals surface area contributed by atoms with Crippen molar-refractivity contribution in [2.75, 3.05) is 0 Å². The van der Waals surface area contributed by atoms with Gasteiger partial charge >= 0.3 is 0 Å². The minimum absolute atomic E-state index is 0.0811. The van der Waals surface area contributed by atoms with Crippen molar-refractivity contribution in [3.8, 4) is 11.5 Å². The summed E-state index contributed by atoms with van der Waals surface area (Å²) in [5.74, 6) is 0.202. The Balaban J connectivity index is 1.98. The van der Waals surface area contributed by atoms with Crippen LogP contribution in [0.25, 0.3) is 0 Å². The van der Waals surface area contributed by atoms with Crippen LogP contribution in [0.1, 0.15) is 23.4 Å². The summed E-state index contributed by atoms with van der Waals surface area (Å²) in [5.41, 5.74) is 0.784. The standard InChI is InChI=1S/C13H15NO2S/c1-9(13-3-2-6-17-13)14-8-10-4-5-11(15)7-12(10)16/h2-7,9,14-16H,8H2,1H3/t9-/m0/s1. The van der Waals surface area contributed by atoms with E-state index in [1.807, 2.05) is 11.4 Å². The molecule has 90 valence electrons. The second-order valence-electron chi connectivity index (χ2n) is 3.93. The molecular formula is C13H15NO2S. The van der Waals surface area contributed by atoms with Crippen molar-refractivity contribution in [1.82, 2.24) is 5.32 Å². The van der Waals surface area contributed by atoms with E-state index in [9.17, 15) is 10.2 Å². The Morgan fingerprint density at radius 2 is 2.12 bits per heavy atom. The summed E-state index contributed by atoms with van der Waals surface area (Å²) in [6.07, 6.45) is 0. The predicted octanol–water partition coefficient (Wildman–Crippen LogP) is 3.01. The first-order chi connectivity index (χ1) is 8.16. The maximum absolute atomic E-state index is 9.64. The molecule has 0 saturated heterocycles. The van der Waals surface area contributed by atoms with Gasteiger partial charge in [-0.25, -0.2) is 0 Å². The Labute approximate surface area is 104 Å². The fourth-order valence-electron chi connectivity index (χ4n) is 1.60. The monoisotopic (exact) mass is 249 g/mol. The molecule has 3 N–H and O–H groups in total. The third kappa shape index (κ3) is 2.99. The van der Waals surface area contributed by atoms with E-state index in [1.165, 1.54) is 10.9 Å². The highest BCUT2D eigenvalue weighted by atomic mass is 32.1. The lowest BCUT2D eigenvalue weighted by Gasteiger charge is -2.13. The quantitative estimate of drug-likeness (QED) is 0.780. The summed E-state index contributed by atoms with van der Waals surface area (Å²) in [7, 11) is 0. The maximum Gasteiger partial charge on any atom is 0.123 e. The molecule has 0 amide bonds. The van der Waals surface area contributed by atoms with Gasteiger partial charge in [0.1, 0.15) is 11.5 Å². The first kappa shape index (κ1) is 12.0. The van der Waals surface area contributed by atoms with Crippen LogP contribution in [-0.4, -0.2) is 10.2 Å². The Bertz CT molecular complexity index is 482. The van der Waals surface area contributed by atoms with Gasteiger partial charge in [0.25, 0.3) is 0 Å². The van der Waals surface area contributed by atoms with E-state index in [0.29, 0.717) is 6.54 Å². The summed E-state index contributed by atoms with van der Waals surface area (Å²) in [4.78, 5) is 1.27. The number of rotatable bonds is 4. The Kier molecular flexibility index (Phi) is 3.66. The normalized spacial score (nSPS) is 12.5. The SMILES string of the molecule is C[C@H](NCc1ccc(O)cc1O)c1cccs1. The molecule has 1 aromatic heterocycles. The van der Waals surface area contributed by atoms with Crippen molar-refractivity contribution in [3.63, 3.8) is 0 Å². The molecule has 0 aliphatic rings. The number of nitrogens with one attached hydrogen (secondary N) is 1. The van der Waals surface area contributed by atoms with Gasteiger partial charge in [-0.2, -0.15) is 0 Å². The van der Waals surface area contributed by atoms with Crippen molar-refractivity contribution in [2.45, 2.75) is 19.5 Å². The van der Waals surface area contributed by atoms with E-state index in [2.05, 4.69) is 18.3 Å². The van der Waals surface area contributed by atoms with E-state index < -0.39 is 0 Å². The first-order valence-electron chi connectivity index (χ1n) is 5.44. The van der Waals surface area contributed by atoms with Gasteiger partial charge in [-0.3, -0.25) is 0 Å². The second kappa shape index (κ2) is 5.21. The van der Waals surface area contributed by atoms with Crippen LogP contribution in [0, 0.1) is 0 Å². The van der Waals surface area contributed by atoms with Gasteiger partial charge in [-0.15, -0.1) is 11.3 Å². The molecule has 0 unspecified atom stereocenters. The maximum atomic E-state index is 9.64. The lowest BCUT2D eigenvalue weighted by molar-refractivity contribution is 0.441. The molecule has 2 aromatic rings. The summed E-state index contributed by atoms with van der Waals surface area (Å²) >= 11 is 1.71. The molecular weight excluding hydrogens is 234 g/mol. The zero-order valence-corrected chi connectivity index (χ0v) is 10.4. The summed E-state index contributed by atoms with van der Waals surface area (Å²) in [5, 5.41) is 24.2. The van der Waals surface area contributed by atoms with Gasteiger partial charge in [0.2, 0.25) is 0 Å². The largest absolute Gasteiger partial charge is 0.508 e. The number of benzene rings is 1. The van der Waals surface area contributed by atoms with Crippen molar-refractivity contribution >= 4 is 11.3 Å². The van der Waals surface area contributed by atoms with Gasteiger partial charge in [-0.1, -0.05) is 12.1 Å². The Morgan fingerprint density at radius 1 is 1.29 bits per heavy atom. The highest BCUT2D eigenvalue weighted by molar-refractivity contribution is 7.10. The lowest BCUT2D eigenvalue weighted by Crippen LogP contribution is -2.17. The van der Waals surface area contributed by atoms with Crippen molar-refractivity contribution in [2.24, 2.45) is 0 Å². The minimum Gasteiger partial charge on any atom is -0.508 e. The summed E-state index contributed by atoms with van der Waals surface area (Å²) in [6.45, 7) is 2.66. The number of hydrogen-bond acceptors (Lipinski definition) is 4. The van der Waals surface area contributed by atoms with Crippen LogP contribution < -0.4 is 5.32 Å². The molecule has 4 heteroatoms. The van der Waals surface area contributed by atoms with Gasteiger partial charge in [0.05, 0.1) is 0 Å². The summed E-state index contributed by atoms with van der Waals surface area (Å²) in [6, 6.07) is 9.01. The molecule has 17 heavy (non-hydrogen) atoms. The van der Waals surface area contributed by atoms with E-state index >= 15 is 0 Å². The van der Waals surface area contributed by atoms with Gasteiger partial charge in [0, 0.05) is 29.1 Å². The first-order valence-corrected chi connectivity index (χ1v) is 6.32. The highest BCUT2D eigenvalue weighted by Crippen LogP contribution is 2.24. The average Bonchev–Trinajstić information content (AvgIpc) is 2.81. The van der Waals surface area contributed by atoms with Crippen LogP contribution >= 0.6 is 11.3 Å². The number of phenolic OH excluding ortho intramolecular Hbond substituents is 2. The van der Waals surface area contributed by atoms with E-state index in [-0.39, 0.29) is 17.5 Å². The molecule has 2 rings (SSSR count). The van der Waals surface area contributed by atoms with Gasteiger partial charge < -0.3 is 15.5 Å². The minimum atomic E-state index is 0.0811. The topological polar surface area (TPSA) is 52.5 Å². The molecule has 1 heterocycles. The fraction of sp³-hybridized carbons (Fsp3) is 0.231. The van der Waals surface area contributed by atoms with Crippen LogP contribution in [0.5, 0.6) is 11.5 Å². The molecule has 0 bridgehead atoms. The molecule has 0 fully saturated rings. The molecule has 1 aromatic carbocycles. The number of phenols is 2. The lowest BCUT2D eigenvalue weighted by atomic mass is 10.1. The van der Waals surface area contributed by atoms with E-state index in [4.69, 9.17) is 0 Å². The number of thiophene rings is 1. The zero-order valence-electron chi connectivity index (χ0n) is 9.55. The molecule has 0 aliphatic heterocycles.